The predicted molar refractivity (Wildman–Crippen MR) is 63.5 cm³/mol. The number of carbonyl (C=O) groups excluding carboxylic acids is 1. The van der Waals surface area contributed by atoms with Crippen molar-refractivity contribution in [3.05, 3.63) is 34.2 Å². The van der Waals surface area contributed by atoms with Crippen LogP contribution in [0.3, 0.4) is 0 Å². The largest absolute Gasteiger partial charge is 0.339 e. The maximum absolute atomic E-state index is 12.0. The third kappa shape index (κ3) is 2.72. The van der Waals surface area contributed by atoms with Gasteiger partial charge >= 0.3 is 0 Å². The summed E-state index contributed by atoms with van der Waals surface area (Å²) < 4.78 is 0. The number of amides is 1. The van der Waals surface area contributed by atoms with Gasteiger partial charge in [0.15, 0.2) is 0 Å². The van der Waals surface area contributed by atoms with Crippen molar-refractivity contribution in [2.45, 2.75) is 32.7 Å². The molecule has 0 radical (unpaired) electrons. The Balaban J connectivity index is 2.85. The van der Waals surface area contributed by atoms with Gasteiger partial charge in [-0.3, -0.25) is 9.59 Å². The second-order valence-corrected chi connectivity index (χ2v) is 3.83. The number of pyridine rings is 1. The van der Waals surface area contributed by atoms with Crippen molar-refractivity contribution in [1.82, 2.24) is 9.88 Å². The highest BCUT2D eigenvalue weighted by Crippen LogP contribution is 2.10. The zero-order valence-corrected chi connectivity index (χ0v) is 9.99. The summed E-state index contributed by atoms with van der Waals surface area (Å²) in [6, 6.07) is 3.17. The second kappa shape index (κ2) is 5.49. The molecule has 1 aromatic rings. The van der Waals surface area contributed by atoms with E-state index in [1.807, 2.05) is 0 Å². The Morgan fingerprint density at radius 1 is 1.38 bits per heavy atom. The molecule has 16 heavy (non-hydrogen) atoms. The monoisotopic (exact) mass is 222 g/mol. The van der Waals surface area contributed by atoms with E-state index in [4.69, 9.17) is 0 Å². The second-order valence-electron chi connectivity index (χ2n) is 3.83. The van der Waals surface area contributed by atoms with Gasteiger partial charge in [0.25, 0.3) is 5.91 Å². The third-order valence-corrected chi connectivity index (χ3v) is 2.84. The van der Waals surface area contributed by atoms with Crippen molar-refractivity contribution < 1.29 is 4.79 Å². The molecule has 88 valence electrons. The molecule has 4 heteroatoms. The molecule has 0 fully saturated rings. The molecule has 0 saturated carbocycles. The number of hydrogen-bond acceptors (Lipinski definition) is 2. The minimum absolute atomic E-state index is 0.0510. The smallest absolute Gasteiger partial charge is 0.255 e. The number of hydrogen-bond donors (Lipinski definition) is 1. The number of rotatable bonds is 4. The zero-order chi connectivity index (χ0) is 12.1. The fourth-order valence-electron chi connectivity index (χ4n) is 1.75. The van der Waals surface area contributed by atoms with E-state index in [1.165, 1.54) is 12.3 Å². The first-order chi connectivity index (χ1) is 7.60. The van der Waals surface area contributed by atoms with Gasteiger partial charge < -0.3 is 9.88 Å². The van der Waals surface area contributed by atoms with Gasteiger partial charge in [0.05, 0.1) is 5.56 Å². The predicted octanol–water partition coefficient (Wildman–Crippen LogP) is 1.64. The number of carbonyl (C=O) groups is 1. The van der Waals surface area contributed by atoms with Gasteiger partial charge in [0.2, 0.25) is 5.56 Å². The van der Waals surface area contributed by atoms with Gasteiger partial charge in [-0.05, 0) is 18.9 Å². The summed E-state index contributed by atoms with van der Waals surface area (Å²) in [7, 11) is 1.80. The lowest BCUT2D eigenvalue weighted by Gasteiger charge is -2.26. The van der Waals surface area contributed by atoms with Crippen LogP contribution in [0.1, 0.15) is 37.0 Å². The van der Waals surface area contributed by atoms with E-state index < -0.39 is 0 Å². The fraction of sp³-hybridized carbons (Fsp3) is 0.500. The summed E-state index contributed by atoms with van der Waals surface area (Å²) in [5.41, 5.74) is 0.329. The summed E-state index contributed by atoms with van der Waals surface area (Å²) >= 11 is 0. The van der Waals surface area contributed by atoms with E-state index in [-0.39, 0.29) is 17.5 Å². The Morgan fingerprint density at radius 2 is 2.00 bits per heavy atom. The Labute approximate surface area is 95.3 Å². The van der Waals surface area contributed by atoms with Crippen molar-refractivity contribution in [1.29, 1.82) is 0 Å². The first kappa shape index (κ1) is 12.5. The van der Waals surface area contributed by atoms with E-state index in [0.29, 0.717) is 5.56 Å². The average Bonchev–Trinajstić information content (AvgIpc) is 2.30. The summed E-state index contributed by atoms with van der Waals surface area (Å²) in [6.07, 6.45) is 3.33. The highest BCUT2D eigenvalue weighted by atomic mass is 16.2. The number of aromatic nitrogens is 1. The average molecular weight is 222 g/mol. The van der Waals surface area contributed by atoms with Crippen molar-refractivity contribution in [2.75, 3.05) is 7.05 Å². The summed E-state index contributed by atoms with van der Waals surface area (Å²) in [6.45, 7) is 4.12. The lowest BCUT2D eigenvalue weighted by Crippen LogP contribution is -2.36. The quantitative estimate of drug-likeness (QED) is 0.842. The molecule has 0 atom stereocenters. The molecular formula is C12H18N2O2. The molecule has 4 nitrogen and oxygen atoms in total. The van der Waals surface area contributed by atoms with Crippen LogP contribution < -0.4 is 5.56 Å². The molecular weight excluding hydrogens is 204 g/mol. The van der Waals surface area contributed by atoms with Crippen LogP contribution in [-0.4, -0.2) is 28.9 Å². The molecule has 1 N–H and O–H groups in total. The molecule has 1 aromatic heterocycles. The number of H-pyrrole nitrogens is 1. The molecule has 1 heterocycles. The molecule has 0 aromatic carbocycles. The number of nitrogens with zero attached hydrogens (tertiary/aromatic N) is 1. The van der Waals surface area contributed by atoms with Crippen LogP contribution in [0.2, 0.25) is 0 Å². The third-order valence-electron chi connectivity index (χ3n) is 2.84. The van der Waals surface area contributed by atoms with E-state index in [9.17, 15) is 9.59 Å². The van der Waals surface area contributed by atoms with Crippen LogP contribution in [0.15, 0.2) is 23.1 Å². The molecule has 0 saturated heterocycles. The Bertz CT molecular complexity index is 387. The maximum Gasteiger partial charge on any atom is 0.255 e. The Kier molecular flexibility index (Phi) is 4.28. The topological polar surface area (TPSA) is 53.2 Å². The normalized spacial score (nSPS) is 10.5. The minimum atomic E-state index is -0.193. The number of aromatic amines is 1. The lowest BCUT2D eigenvalue weighted by molar-refractivity contribution is 0.0723. The van der Waals surface area contributed by atoms with E-state index in [0.717, 1.165) is 12.8 Å². The zero-order valence-electron chi connectivity index (χ0n) is 9.99. The Hall–Kier alpha value is -1.58. The highest BCUT2D eigenvalue weighted by molar-refractivity contribution is 5.93. The van der Waals surface area contributed by atoms with Gasteiger partial charge in [-0.2, -0.15) is 0 Å². The van der Waals surface area contributed by atoms with Crippen molar-refractivity contribution in [3.63, 3.8) is 0 Å². The fourth-order valence-corrected chi connectivity index (χ4v) is 1.75. The molecule has 1 rings (SSSR count). The van der Waals surface area contributed by atoms with Gasteiger partial charge in [-0.15, -0.1) is 0 Å². The molecule has 0 aliphatic carbocycles. The molecule has 1 amide bonds. The number of nitrogens with one attached hydrogen (secondary N) is 1. The lowest BCUT2D eigenvalue weighted by atomic mass is 10.1. The molecule has 0 spiro atoms. The van der Waals surface area contributed by atoms with Crippen molar-refractivity contribution in [2.24, 2.45) is 0 Å². The van der Waals surface area contributed by atoms with Crippen LogP contribution in [-0.2, 0) is 0 Å². The van der Waals surface area contributed by atoms with Crippen LogP contribution in [0.5, 0.6) is 0 Å². The molecule has 0 bridgehead atoms. The van der Waals surface area contributed by atoms with Gasteiger partial charge in [0.1, 0.15) is 0 Å². The van der Waals surface area contributed by atoms with E-state index >= 15 is 0 Å². The standard InChI is InChI=1S/C12H18N2O2/c1-4-10(5-2)14(3)12(16)9-6-7-11(15)13-8-9/h6-8,10H,4-5H2,1-3H3,(H,13,15). The molecule has 0 aliphatic rings. The van der Waals surface area contributed by atoms with Crippen LogP contribution in [0.25, 0.3) is 0 Å². The highest BCUT2D eigenvalue weighted by Gasteiger charge is 2.17. The first-order valence-electron chi connectivity index (χ1n) is 5.56. The SMILES string of the molecule is CCC(CC)N(C)C(=O)c1ccc(=O)[nH]c1. The van der Waals surface area contributed by atoms with E-state index in [2.05, 4.69) is 18.8 Å². The van der Waals surface area contributed by atoms with Gasteiger partial charge in [0, 0.05) is 25.4 Å². The minimum Gasteiger partial charge on any atom is -0.339 e. The summed E-state index contributed by atoms with van der Waals surface area (Å²) in [5, 5.41) is 0. The van der Waals surface area contributed by atoms with Crippen molar-refractivity contribution >= 4 is 5.91 Å². The van der Waals surface area contributed by atoms with Gasteiger partial charge in [-0.1, -0.05) is 13.8 Å². The summed E-state index contributed by atoms with van der Waals surface area (Å²) in [5.74, 6) is -0.0510. The molecule has 0 aliphatic heterocycles. The molecule has 0 unspecified atom stereocenters. The van der Waals surface area contributed by atoms with Crippen molar-refractivity contribution in [3.8, 4) is 0 Å². The first-order valence-corrected chi connectivity index (χ1v) is 5.56. The van der Waals surface area contributed by atoms with Gasteiger partial charge in [-0.25, -0.2) is 0 Å². The summed E-state index contributed by atoms with van der Waals surface area (Å²) in [4.78, 5) is 27.1. The van der Waals surface area contributed by atoms with E-state index in [1.54, 1.807) is 18.0 Å². The van der Waals surface area contributed by atoms with Crippen LogP contribution >= 0.6 is 0 Å². The van der Waals surface area contributed by atoms with Crippen LogP contribution in [0, 0.1) is 0 Å². The Morgan fingerprint density at radius 3 is 2.44 bits per heavy atom. The van der Waals surface area contributed by atoms with Crippen LogP contribution in [0.4, 0.5) is 0 Å². The maximum atomic E-state index is 12.0.